The van der Waals surface area contributed by atoms with Crippen LogP contribution in [0.25, 0.3) is 10.8 Å². The molecule has 104 valence electrons. The molecule has 2 fully saturated rings. The molecule has 2 unspecified atom stereocenters. The molecule has 0 bridgehead atoms. The van der Waals surface area contributed by atoms with Crippen molar-refractivity contribution in [2.45, 2.75) is 44.1 Å². The Hall–Kier alpha value is -1.34. The van der Waals surface area contributed by atoms with Gasteiger partial charge in [0, 0.05) is 0 Å². The van der Waals surface area contributed by atoms with Gasteiger partial charge in [-0.3, -0.25) is 0 Å². The molecule has 2 saturated carbocycles. The third-order valence-corrected chi connectivity index (χ3v) is 5.34. The van der Waals surface area contributed by atoms with Crippen molar-refractivity contribution in [3.05, 3.63) is 48.0 Å². The first-order chi connectivity index (χ1) is 9.76. The highest BCUT2D eigenvalue weighted by molar-refractivity contribution is 5.86. The molecule has 1 heteroatoms. The molecule has 20 heavy (non-hydrogen) atoms. The Morgan fingerprint density at radius 2 is 1.70 bits per heavy atom. The second-order valence-corrected chi connectivity index (χ2v) is 6.75. The molecular formula is C19H22O. The lowest BCUT2D eigenvalue weighted by molar-refractivity contribution is -0.0238. The highest BCUT2D eigenvalue weighted by Crippen LogP contribution is 2.50. The summed E-state index contributed by atoms with van der Waals surface area (Å²) in [5, 5.41) is 13.8. The van der Waals surface area contributed by atoms with Gasteiger partial charge >= 0.3 is 0 Å². The molecule has 0 spiro atoms. The third-order valence-electron chi connectivity index (χ3n) is 5.34. The fraction of sp³-hybridized carbons (Fsp3) is 0.474. The van der Waals surface area contributed by atoms with Crippen molar-refractivity contribution < 1.29 is 5.11 Å². The lowest BCUT2D eigenvalue weighted by atomic mass is 9.72. The monoisotopic (exact) mass is 266 g/mol. The van der Waals surface area contributed by atoms with Crippen molar-refractivity contribution >= 4 is 10.8 Å². The van der Waals surface area contributed by atoms with E-state index in [9.17, 15) is 5.11 Å². The lowest BCUT2D eigenvalue weighted by Gasteiger charge is -2.38. The first-order valence-corrected chi connectivity index (χ1v) is 7.97. The van der Waals surface area contributed by atoms with E-state index in [0.717, 1.165) is 30.2 Å². The largest absolute Gasteiger partial charge is 0.385 e. The minimum absolute atomic E-state index is 0.605. The SMILES string of the molecule is OC1(c2cccc3ccccc23)CCCC(C2CC2)C1. The minimum atomic E-state index is -0.605. The van der Waals surface area contributed by atoms with Crippen LogP contribution in [-0.4, -0.2) is 5.11 Å². The second-order valence-electron chi connectivity index (χ2n) is 6.75. The first-order valence-electron chi connectivity index (χ1n) is 7.97. The summed E-state index contributed by atoms with van der Waals surface area (Å²) in [5.74, 6) is 1.64. The van der Waals surface area contributed by atoms with Crippen LogP contribution in [0.15, 0.2) is 42.5 Å². The molecule has 0 amide bonds. The summed E-state index contributed by atoms with van der Waals surface area (Å²) >= 11 is 0. The molecule has 4 rings (SSSR count). The maximum atomic E-state index is 11.3. The van der Waals surface area contributed by atoms with Crippen LogP contribution in [0.5, 0.6) is 0 Å². The Balaban J connectivity index is 1.76. The number of fused-ring (bicyclic) bond motifs is 1. The molecule has 2 aliphatic carbocycles. The zero-order valence-corrected chi connectivity index (χ0v) is 11.9. The highest BCUT2D eigenvalue weighted by Gasteiger charge is 2.42. The van der Waals surface area contributed by atoms with E-state index in [4.69, 9.17) is 0 Å². The fourth-order valence-electron chi connectivity index (χ4n) is 4.14. The standard InChI is InChI=1S/C19H22O/c20-19(12-4-7-16(13-19)14-10-11-14)18-9-3-6-15-5-1-2-8-17(15)18/h1-3,5-6,8-9,14,16,20H,4,7,10-13H2. The summed E-state index contributed by atoms with van der Waals surface area (Å²) in [6.45, 7) is 0. The molecule has 0 aliphatic heterocycles. The molecule has 1 nitrogen and oxygen atoms in total. The molecule has 2 aromatic rings. The van der Waals surface area contributed by atoms with Gasteiger partial charge in [0.1, 0.15) is 0 Å². The lowest BCUT2D eigenvalue weighted by Crippen LogP contribution is -2.33. The quantitative estimate of drug-likeness (QED) is 0.840. The van der Waals surface area contributed by atoms with Crippen LogP contribution in [-0.2, 0) is 5.60 Å². The highest BCUT2D eigenvalue weighted by atomic mass is 16.3. The smallest absolute Gasteiger partial charge is 0.0905 e. The van der Waals surface area contributed by atoms with E-state index in [1.54, 1.807) is 0 Å². The minimum Gasteiger partial charge on any atom is -0.385 e. The van der Waals surface area contributed by atoms with Gasteiger partial charge < -0.3 is 5.11 Å². The van der Waals surface area contributed by atoms with Gasteiger partial charge in [0.25, 0.3) is 0 Å². The Labute approximate surface area is 120 Å². The van der Waals surface area contributed by atoms with E-state index < -0.39 is 5.60 Å². The maximum absolute atomic E-state index is 11.3. The van der Waals surface area contributed by atoms with Crippen molar-refractivity contribution in [3.8, 4) is 0 Å². The van der Waals surface area contributed by atoms with E-state index in [-0.39, 0.29) is 0 Å². The van der Waals surface area contributed by atoms with E-state index >= 15 is 0 Å². The predicted molar refractivity (Wildman–Crippen MR) is 82.5 cm³/mol. The van der Waals surface area contributed by atoms with E-state index in [1.807, 2.05) is 0 Å². The number of rotatable bonds is 2. The summed E-state index contributed by atoms with van der Waals surface area (Å²) in [6.07, 6.45) is 7.14. The van der Waals surface area contributed by atoms with Crippen molar-refractivity contribution in [2.75, 3.05) is 0 Å². The molecular weight excluding hydrogens is 244 g/mol. The van der Waals surface area contributed by atoms with Gasteiger partial charge in [-0.1, -0.05) is 42.5 Å². The Morgan fingerprint density at radius 3 is 2.55 bits per heavy atom. The van der Waals surface area contributed by atoms with Gasteiger partial charge in [-0.25, -0.2) is 0 Å². The maximum Gasteiger partial charge on any atom is 0.0905 e. The average Bonchev–Trinajstić information content (AvgIpc) is 3.31. The van der Waals surface area contributed by atoms with E-state index in [2.05, 4.69) is 42.5 Å². The van der Waals surface area contributed by atoms with Crippen LogP contribution in [0.2, 0.25) is 0 Å². The predicted octanol–water partition coefficient (Wildman–Crippen LogP) is 4.63. The second kappa shape index (κ2) is 4.60. The summed E-state index contributed by atoms with van der Waals surface area (Å²) in [5.41, 5.74) is 0.549. The third kappa shape index (κ3) is 2.05. The zero-order chi connectivity index (χ0) is 13.6. The van der Waals surface area contributed by atoms with Crippen LogP contribution in [0.3, 0.4) is 0 Å². The van der Waals surface area contributed by atoms with Gasteiger partial charge in [-0.2, -0.15) is 0 Å². The van der Waals surface area contributed by atoms with Crippen LogP contribution >= 0.6 is 0 Å². The number of aliphatic hydroxyl groups is 1. The van der Waals surface area contributed by atoms with Crippen LogP contribution < -0.4 is 0 Å². The molecule has 0 radical (unpaired) electrons. The van der Waals surface area contributed by atoms with E-state index in [0.29, 0.717) is 0 Å². The topological polar surface area (TPSA) is 20.2 Å². The van der Waals surface area contributed by atoms with Crippen LogP contribution in [0.4, 0.5) is 0 Å². The van der Waals surface area contributed by atoms with Crippen molar-refractivity contribution in [2.24, 2.45) is 11.8 Å². The van der Waals surface area contributed by atoms with Crippen molar-refractivity contribution in [3.63, 3.8) is 0 Å². The Bertz CT molecular complexity index is 623. The zero-order valence-electron chi connectivity index (χ0n) is 11.9. The van der Waals surface area contributed by atoms with Crippen molar-refractivity contribution in [1.29, 1.82) is 0 Å². The summed E-state index contributed by atoms with van der Waals surface area (Å²) < 4.78 is 0. The van der Waals surface area contributed by atoms with Gasteiger partial charge in [0.05, 0.1) is 5.60 Å². The summed E-state index contributed by atoms with van der Waals surface area (Å²) in [4.78, 5) is 0. The summed E-state index contributed by atoms with van der Waals surface area (Å²) in [6, 6.07) is 14.8. The fourth-order valence-corrected chi connectivity index (χ4v) is 4.14. The molecule has 1 N–H and O–H groups in total. The Kier molecular flexibility index (Phi) is 2.85. The molecule has 0 aromatic heterocycles. The summed E-state index contributed by atoms with van der Waals surface area (Å²) in [7, 11) is 0. The number of hydrogen-bond acceptors (Lipinski definition) is 1. The first kappa shape index (κ1) is 12.4. The van der Waals surface area contributed by atoms with Crippen LogP contribution in [0, 0.1) is 11.8 Å². The van der Waals surface area contributed by atoms with Gasteiger partial charge in [0.2, 0.25) is 0 Å². The van der Waals surface area contributed by atoms with E-state index in [1.165, 1.54) is 36.5 Å². The van der Waals surface area contributed by atoms with Gasteiger partial charge in [-0.15, -0.1) is 0 Å². The molecule has 0 saturated heterocycles. The van der Waals surface area contributed by atoms with Crippen LogP contribution in [0.1, 0.15) is 44.1 Å². The Morgan fingerprint density at radius 1 is 0.900 bits per heavy atom. The normalized spacial score (nSPS) is 30.6. The average molecular weight is 266 g/mol. The number of hydrogen-bond donors (Lipinski definition) is 1. The molecule has 2 aromatic carbocycles. The molecule has 0 heterocycles. The van der Waals surface area contributed by atoms with Gasteiger partial charge in [0.15, 0.2) is 0 Å². The van der Waals surface area contributed by atoms with Gasteiger partial charge in [-0.05, 0) is 66.7 Å². The number of benzene rings is 2. The molecule has 2 atom stereocenters. The molecule has 2 aliphatic rings. The van der Waals surface area contributed by atoms with Crippen molar-refractivity contribution in [1.82, 2.24) is 0 Å².